The van der Waals surface area contributed by atoms with Gasteiger partial charge in [-0.1, -0.05) is 0 Å². The maximum Gasteiger partial charge on any atom is 0.419 e. The predicted molar refractivity (Wildman–Crippen MR) is 102 cm³/mol. The number of piperidine rings is 1. The smallest absolute Gasteiger partial charge is 0.419 e. The van der Waals surface area contributed by atoms with Crippen LogP contribution in [-0.4, -0.2) is 49.7 Å². The third-order valence-electron chi connectivity index (χ3n) is 6.16. The van der Waals surface area contributed by atoms with Crippen LogP contribution in [0.5, 0.6) is 5.75 Å². The summed E-state index contributed by atoms with van der Waals surface area (Å²) < 4.78 is 16.1. The van der Waals surface area contributed by atoms with Gasteiger partial charge < -0.3 is 14.6 Å². The van der Waals surface area contributed by atoms with Crippen LogP contribution in [0.2, 0.25) is 0 Å². The molecule has 28 heavy (non-hydrogen) atoms. The highest BCUT2D eigenvalue weighted by molar-refractivity contribution is 7.07. The lowest BCUT2D eigenvalue weighted by Crippen LogP contribution is -2.71. The van der Waals surface area contributed by atoms with E-state index in [1.54, 1.807) is 18.2 Å². The average molecular weight is 402 g/mol. The molecule has 3 aliphatic rings. The molecular formula is C20H22N2O5S. The van der Waals surface area contributed by atoms with E-state index in [1.807, 2.05) is 0 Å². The maximum atomic E-state index is 12.2. The van der Waals surface area contributed by atoms with Crippen molar-refractivity contribution >= 4 is 34.4 Å². The molecule has 4 heterocycles. The minimum Gasteiger partial charge on any atom is -0.508 e. The first-order valence-corrected chi connectivity index (χ1v) is 10.3. The Morgan fingerprint density at radius 1 is 1.29 bits per heavy atom. The number of phenolic OH excluding ortho intramolecular Hbond substituents is 1. The molecule has 1 N–H and O–H groups in total. The molecule has 4 atom stereocenters. The molecule has 0 aliphatic carbocycles. The summed E-state index contributed by atoms with van der Waals surface area (Å²) in [6.45, 7) is 6.28. The lowest BCUT2D eigenvalue weighted by atomic mass is 9.80. The van der Waals surface area contributed by atoms with E-state index < -0.39 is 23.8 Å². The zero-order valence-corrected chi connectivity index (χ0v) is 16.8. The van der Waals surface area contributed by atoms with E-state index >= 15 is 0 Å². The highest BCUT2D eigenvalue weighted by atomic mass is 32.1. The number of ether oxygens (including phenoxy) is 2. The number of carbonyl (C=O) groups is 2. The van der Waals surface area contributed by atoms with E-state index in [4.69, 9.17) is 9.47 Å². The summed E-state index contributed by atoms with van der Waals surface area (Å²) in [5.41, 5.74) is -0.400. The molecule has 2 aromatic rings. The maximum absolute atomic E-state index is 12.2. The largest absolute Gasteiger partial charge is 0.508 e. The molecule has 0 amide bonds. The van der Waals surface area contributed by atoms with E-state index in [1.165, 1.54) is 11.5 Å². The van der Waals surface area contributed by atoms with Gasteiger partial charge in [-0.15, -0.1) is 0 Å². The molecule has 5 rings (SSSR count). The molecule has 4 unspecified atom stereocenters. The second-order valence-electron chi connectivity index (χ2n) is 8.88. The monoisotopic (exact) mass is 402 g/mol. The SMILES string of the molecule is CC(C)(C)N1C2CCC13OC(=O)C(=O)OC3C(c1snc3ccc(O)cc13)C2. The molecule has 1 spiro atoms. The van der Waals surface area contributed by atoms with Crippen molar-refractivity contribution in [2.75, 3.05) is 0 Å². The first-order valence-electron chi connectivity index (χ1n) is 9.52. The molecule has 0 saturated carbocycles. The summed E-state index contributed by atoms with van der Waals surface area (Å²) in [5, 5.41) is 10.8. The van der Waals surface area contributed by atoms with Crippen LogP contribution in [0.15, 0.2) is 18.2 Å². The number of fused-ring (bicyclic) bond motifs is 2. The molecule has 7 nitrogen and oxygen atoms in total. The molecule has 148 valence electrons. The van der Waals surface area contributed by atoms with Gasteiger partial charge in [-0.2, -0.15) is 4.37 Å². The molecular weight excluding hydrogens is 380 g/mol. The summed E-state index contributed by atoms with van der Waals surface area (Å²) in [5.74, 6) is -1.82. The van der Waals surface area contributed by atoms with Crippen LogP contribution >= 0.6 is 11.5 Å². The normalized spacial score (nSPS) is 32.9. The van der Waals surface area contributed by atoms with Gasteiger partial charge >= 0.3 is 11.9 Å². The fraction of sp³-hybridized carbons (Fsp3) is 0.550. The fourth-order valence-electron chi connectivity index (χ4n) is 5.44. The molecule has 8 heteroatoms. The van der Waals surface area contributed by atoms with Gasteiger partial charge in [0.05, 0.1) is 5.52 Å². The molecule has 3 fully saturated rings. The molecule has 3 saturated heterocycles. The van der Waals surface area contributed by atoms with Crippen molar-refractivity contribution in [1.29, 1.82) is 0 Å². The lowest BCUT2D eigenvalue weighted by molar-refractivity contribution is -0.269. The molecule has 0 radical (unpaired) electrons. The Labute approximate surface area is 166 Å². The minimum atomic E-state index is -0.954. The van der Waals surface area contributed by atoms with Crippen molar-refractivity contribution in [1.82, 2.24) is 9.27 Å². The first kappa shape index (κ1) is 17.9. The molecule has 2 bridgehead atoms. The molecule has 1 aromatic heterocycles. The Morgan fingerprint density at radius 2 is 2.07 bits per heavy atom. The molecule has 3 aliphatic heterocycles. The van der Waals surface area contributed by atoms with Gasteiger partial charge in [0.15, 0.2) is 6.10 Å². The fourth-order valence-corrected chi connectivity index (χ4v) is 6.41. The number of rotatable bonds is 1. The zero-order chi connectivity index (χ0) is 19.8. The van der Waals surface area contributed by atoms with Crippen molar-refractivity contribution in [3.05, 3.63) is 23.1 Å². The Morgan fingerprint density at radius 3 is 2.82 bits per heavy atom. The van der Waals surface area contributed by atoms with Crippen molar-refractivity contribution in [3.8, 4) is 5.75 Å². The number of hydrogen-bond acceptors (Lipinski definition) is 8. The van der Waals surface area contributed by atoms with Crippen molar-refractivity contribution in [3.63, 3.8) is 0 Å². The zero-order valence-electron chi connectivity index (χ0n) is 16.0. The Balaban J connectivity index is 1.66. The van der Waals surface area contributed by atoms with Crippen LogP contribution in [0.3, 0.4) is 0 Å². The number of esters is 2. The van der Waals surface area contributed by atoms with Gasteiger partial charge in [0.1, 0.15) is 5.75 Å². The summed E-state index contributed by atoms with van der Waals surface area (Å²) in [6, 6.07) is 5.31. The van der Waals surface area contributed by atoms with Crippen LogP contribution in [-0.2, 0) is 19.1 Å². The standard InChI is InChI=1S/C20H22N2O5S/c1-19(2,3)22-10-6-7-20(22)16(26-17(24)18(25)27-20)13(8-10)15-12-9-11(23)4-5-14(12)21-28-15/h4-5,9-10,13,16,23H,6-8H2,1-3H3. The third-order valence-corrected chi connectivity index (χ3v) is 7.17. The number of benzene rings is 1. The van der Waals surface area contributed by atoms with Crippen LogP contribution in [0, 0.1) is 0 Å². The van der Waals surface area contributed by atoms with Gasteiger partial charge in [0.2, 0.25) is 5.72 Å². The van der Waals surface area contributed by atoms with Gasteiger partial charge in [0, 0.05) is 34.2 Å². The van der Waals surface area contributed by atoms with Crippen molar-refractivity contribution < 1.29 is 24.2 Å². The summed E-state index contributed by atoms with van der Waals surface area (Å²) in [4.78, 5) is 27.5. The topological polar surface area (TPSA) is 89.0 Å². The quantitative estimate of drug-likeness (QED) is 0.579. The number of aromatic hydroxyl groups is 1. The van der Waals surface area contributed by atoms with E-state index in [9.17, 15) is 14.7 Å². The van der Waals surface area contributed by atoms with E-state index in [-0.39, 0.29) is 23.2 Å². The van der Waals surface area contributed by atoms with E-state index in [0.29, 0.717) is 6.42 Å². The predicted octanol–water partition coefficient (Wildman–Crippen LogP) is 2.92. The average Bonchev–Trinajstić information content (AvgIpc) is 3.14. The first-order chi connectivity index (χ1) is 13.2. The number of carbonyl (C=O) groups excluding carboxylic acids is 2. The Hall–Kier alpha value is -2.19. The van der Waals surface area contributed by atoms with Gasteiger partial charge in [-0.25, -0.2) is 9.59 Å². The van der Waals surface area contributed by atoms with Crippen LogP contribution in [0.1, 0.15) is 50.8 Å². The summed E-state index contributed by atoms with van der Waals surface area (Å²) >= 11 is 1.36. The summed E-state index contributed by atoms with van der Waals surface area (Å²) in [7, 11) is 0. The highest BCUT2D eigenvalue weighted by Crippen LogP contribution is 2.56. The van der Waals surface area contributed by atoms with Crippen molar-refractivity contribution in [2.24, 2.45) is 0 Å². The van der Waals surface area contributed by atoms with E-state index in [0.717, 1.165) is 28.6 Å². The third kappa shape index (κ3) is 2.34. The van der Waals surface area contributed by atoms with Crippen LogP contribution in [0.4, 0.5) is 0 Å². The van der Waals surface area contributed by atoms with Gasteiger partial charge in [0.25, 0.3) is 0 Å². The van der Waals surface area contributed by atoms with Gasteiger partial charge in [-0.3, -0.25) is 4.90 Å². The van der Waals surface area contributed by atoms with Crippen LogP contribution in [0.25, 0.3) is 10.9 Å². The second kappa shape index (κ2) is 5.67. The lowest BCUT2D eigenvalue weighted by Gasteiger charge is -2.56. The minimum absolute atomic E-state index is 0.139. The number of aromatic nitrogens is 1. The van der Waals surface area contributed by atoms with Crippen LogP contribution < -0.4 is 0 Å². The van der Waals surface area contributed by atoms with E-state index in [2.05, 4.69) is 30.0 Å². The Bertz CT molecular complexity index is 996. The van der Waals surface area contributed by atoms with Gasteiger partial charge in [-0.05, 0) is 63.3 Å². The Kier molecular flexibility index (Phi) is 3.62. The number of nitrogens with zero attached hydrogens (tertiary/aromatic N) is 2. The molecule has 1 aromatic carbocycles. The summed E-state index contributed by atoms with van der Waals surface area (Å²) in [6.07, 6.45) is 1.69. The second-order valence-corrected chi connectivity index (χ2v) is 9.69. The highest BCUT2D eigenvalue weighted by Gasteiger charge is 2.67. The number of hydrogen-bond donors (Lipinski definition) is 1. The van der Waals surface area contributed by atoms with Crippen molar-refractivity contribution in [2.45, 2.75) is 69.4 Å². The number of phenols is 1.